The van der Waals surface area contributed by atoms with Crippen molar-refractivity contribution in [3.05, 3.63) is 75.4 Å². The summed E-state index contributed by atoms with van der Waals surface area (Å²) in [5.74, 6) is -12.1. The highest BCUT2D eigenvalue weighted by Gasteiger charge is 2.30. The fourth-order valence-corrected chi connectivity index (χ4v) is 3.54. The fourth-order valence-electron chi connectivity index (χ4n) is 3.54. The maximum Gasteiger partial charge on any atom is 0.186 e. The third kappa shape index (κ3) is 2.41. The average Bonchev–Trinajstić information content (AvgIpc) is 3.01. The highest BCUT2D eigenvalue weighted by Crippen LogP contribution is 2.40. The summed E-state index contributed by atoms with van der Waals surface area (Å²) in [6, 6.07) is 1.27. The van der Waals surface area contributed by atoms with Crippen LogP contribution in [0.2, 0.25) is 0 Å². The molecule has 0 aliphatic rings. The average molecular weight is 429 g/mol. The van der Waals surface area contributed by atoms with Crippen molar-refractivity contribution in [1.29, 1.82) is 0 Å². The molecule has 0 amide bonds. The van der Waals surface area contributed by atoms with E-state index in [-0.39, 0.29) is 0 Å². The molecule has 0 spiro atoms. The standard InChI is InChI=1S/C21H11F8N/c1-6-9(22)4-11-13(15(6)24)14-12(5-10(23)7(2)16(14)25)30(11)21-19(28)17(26)8(3)18(27)20(21)29/h4-5H,1-3H3. The summed E-state index contributed by atoms with van der Waals surface area (Å²) in [5, 5.41) is -1.21. The first-order chi connectivity index (χ1) is 14.0. The second-order valence-electron chi connectivity index (χ2n) is 6.95. The Bertz CT molecular complexity index is 1300. The molecule has 0 aliphatic carbocycles. The van der Waals surface area contributed by atoms with Gasteiger partial charge >= 0.3 is 0 Å². The SMILES string of the molecule is Cc1c(F)c(F)c(-n2c3cc(F)c(C)c(F)c3c3c(F)c(C)c(F)cc32)c(F)c1F. The van der Waals surface area contributed by atoms with E-state index in [2.05, 4.69) is 0 Å². The molecule has 1 heterocycles. The van der Waals surface area contributed by atoms with Crippen LogP contribution >= 0.6 is 0 Å². The summed E-state index contributed by atoms with van der Waals surface area (Å²) >= 11 is 0. The lowest BCUT2D eigenvalue weighted by molar-refractivity contribution is 0.441. The first-order valence-electron chi connectivity index (χ1n) is 8.59. The van der Waals surface area contributed by atoms with E-state index in [9.17, 15) is 35.1 Å². The summed E-state index contributed by atoms with van der Waals surface area (Å²) in [6.07, 6.45) is 0. The van der Waals surface area contributed by atoms with Crippen molar-refractivity contribution in [1.82, 2.24) is 4.57 Å². The van der Waals surface area contributed by atoms with Crippen molar-refractivity contribution in [3.8, 4) is 5.69 Å². The predicted molar refractivity (Wildman–Crippen MR) is 94.7 cm³/mol. The van der Waals surface area contributed by atoms with Gasteiger partial charge in [0.2, 0.25) is 0 Å². The first kappa shape index (κ1) is 20.2. The van der Waals surface area contributed by atoms with Crippen LogP contribution in [0.1, 0.15) is 16.7 Å². The first-order valence-corrected chi connectivity index (χ1v) is 8.59. The number of rotatable bonds is 1. The van der Waals surface area contributed by atoms with E-state index in [1.54, 1.807) is 0 Å². The van der Waals surface area contributed by atoms with Crippen LogP contribution in [0.3, 0.4) is 0 Å². The Hall–Kier alpha value is -3.10. The minimum Gasteiger partial charge on any atom is -0.303 e. The molecule has 1 aromatic heterocycles. The monoisotopic (exact) mass is 429 g/mol. The van der Waals surface area contributed by atoms with E-state index in [0.717, 1.165) is 20.8 Å². The van der Waals surface area contributed by atoms with Crippen LogP contribution in [0.15, 0.2) is 12.1 Å². The van der Waals surface area contributed by atoms with Gasteiger partial charge in [-0.2, -0.15) is 0 Å². The summed E-state index contributed by atoms with van der Waals surface area (Å²) < 4.78 is 116. The zero-order valence-electron chi connectivity index (χ0n) is 15.6. The Kier molecular flexibility index (Phi) is 4.34. The van der Waals surface area contributed by atoms with Gasteiger partial charge in [-0.05, 0) is 32.9 Å². The van der Waals surface area contributed by atoms with Crippen LogP contribution in [0.25, 0.3) is 27.5 Å². The molecule has 1 nitrogen and oxygen atoms in total. The largest absolute Gasteiger partial charge is 0.303 e. The highest BCUT2D eigenvalue weighted by molar-refractivity contribution is 6.10. The number of hydrogen-bond acceptors (Lipinski definition) is 0. The number of aromatic nitrogens is 1. The molecule has 0 saturated heterocycles. The van der Waals surface area contributed by atoms with Crippen molar-refractivity contribution >= 4 is 21.8 Å². The molecule has 0 unspecified atom stereocenters. The van der Waals surface area contributed by atoms with Gasteiger partial charge in [0.15, 0.2) is 23.3 Å². The normalized spacial score (nSPS) is 11.8. The molecule has 156 valence electrons. The van der Waals surface area contributed by atoms with Gasteiger partial charge in [-0.3, -0.25) is 0 Å². The maximum absolute atomic E-state index is 14.9. The summed E-state index contributed by atoms with van der Waals surface area (Å²) in [6.45, 7) is 2.89. The quantitative estimate of drug-likeness (QED) is 0.231. The molecule has 0 radical (unpaired) electrons. The van der Waals surface area contributed by atoms with Gasteiger partial charge in [-0.15, -0.1) is 0 Å². The predicted octanol–water partition coefficient (Wildman–Crippen LogP) is 6.82. The number of fused-ring (bicyclic) bond motifs is 3. The maximum atomic E-state index is 14.9. The van der Waals surface area contributed by atoms with Crippen LogP contribution in [0.4, 0.5) is 35.1 Å². The zero-order chi connectivity index (χ0) is 22.2. The molecular weight excluding hydrogens is 418 g/mol. The van der Waals surface area contributed by atoms with E-state index in [0.29, 0.717) is 16.7 Å². The molecule has 0 bridgehead atoms. The molecule has 0 aliphatic heterocycles. The molecule has 0 saturated carbocycles. The van der Waals surface area contributed by atoms with Crippen molar-refractivity contribution in [2.24, 2.45) is 0 Å². The molecule has 9 heteroatoms. The smallest absolute Gasteiger partial charge is 0.186 e. The molecule has 4 aromatic rings. The van der Waals surface area contributed by atoms with Gasteiger partial charge in [0, 0.05) is 27.5 Å². The molecule has 3 aromatic carbocycles. The van der Waals surface area contributed by atoms with Crippen molar-refractivity contribution < 1.29 is 35.1 Å². The lowest BCUT2D eigenvalue weighted by Crippen LogP contribution is -2.09. The second kappa shape index (κ2) is 6.45. The Morgan fingerprint density at radius 3 is 1.23 bits per heavy atom. The number of hydrogen-bond donors (Lipinski definition) is 0. The third-order valence-corrected chi connectivity index (χ3v) is 5.27. The van der Waals surface area contributed by atoms with Gasteiger partial charge in [0.25, 0.3) is 0 Å². The lowest BCUT2D eigenvalue weighted by Gasteiger charge is -2.14. The molecular formula is C21H11F8N. The van der Waals surface area contributed by atoms with E-state index in [1.807, 2.05) is 0 Å². The summed E-state index contributed by atoms with van der Waals surface area (Å²) in [5.41, 5.74) is -4.66. The Morgan fingerprint density at radius 1 is 0.500 bits per heavy atom. The zero-order valence-corrected chi connectivity index (χ0v) is 15.6. The number of benzene rings is 3. The van der Waals surface area contributed by atoms with Gasteiger partial charge in [-0.1, -0.05) is 0 Å². The fraction of sp³-hybridized carbons (Fsp3) is 0.143. The lowest BCUT2D eigenvalue weighted by atomic mass is 10.1. The van der Waals surface area contributed by atoms with Gasteiger partial charge in [-0.25, -0.2) is 35.1 Å². The molecule has 30 heavy (non-hydrogen) atoms. The number of halogens is 8. The van der Waals surface area contributed by atoms with Crippen LogP contribution in [-0.4, -0.2) is 4.57 Å². The third-order valence-electron chi connectivity index (χ3n) is 5.27. The van der Waals surface area contributed by atoms with Crippen molar-refractivity contribution in [2.45, 2.75) is 20.8 Å². The second-order valence-corrected chi connectivity index (χ2v) is 6.95. The molecule has 4 rings (SSSR count). The van der Waals surface area contributed by atoms with Gasteiger partial charge in [0.05, 0.1) is 11.0 Å². The minimum absolute atomic E-state index is 0.373. The van der Waals surface area contributed by atoms with Crippen LogP contribution in [0, 0.1) is 67.3 Å². The van der Waals surface area contributed by atoms with Crippen molar-refractivity contribution in [3.63, 3.8) is 0 Å². The van der Waals surface area contributed by atoms with Crippen LogP contribution in [-0.2, 0) is 0 Å². The Balaban J connectivity index is 2.39. The molecule has 0 atom stereocenters. The Morgan fingerprint density at radius 2 is 0.867 bits per heavy atom. The Labute approximate surface area is 164 Å². The minimum atomic E-state index is -1.88. The molecule has 0 N–H and O–H groups in total. The van der Waals surface area contributed by atoms with E-state index < -0.39 is 90.7 Å². The van der Waals surface area contributed by atoms with Crippen LogP contribution < -0.4 is 0 Å². The summed E-state index contributed by atoms with van der Waals surface area (Å²) in [7, 11) is 0. The van der Waals surface area contributed by atoms with Crippen LogP contribution in [0.5, 0.6) is 0 Å². The van der Waals surface area contributed by atoms with Crippen molar-refractivity contribution in [2.75, 3.05) is 0 Å². The topological polar surface area (TPSA) is 4.93 Å². The van der Waals surface area contributed by atoms with E-state index in [4.69, 9.17) is 0 Å². The van der Waals surface area contributed by atoms with Gasteiger partial charge in [0.1, 0.15) is 29.0 Å². The van der Waals surface area contributed by atoms with E-state index in [1.165, 1.54) is 0 Å². The number of nitrogens with zero attached hydrogens (tertiary/aromatic N) is 1. The molecule has 0 fully saturated rings. The highest BCUT2D eigenvalue weighted by atomic mass is 19.2. The van der Waals surface area contributed by atoms with Gasteiger partial charge < -0.3 is 4.57 Å². The summed E-state index contributed by atoms with van der Waals surface area (Å²) in [4.78, 5) is 0. The van der Waals surface area contributed by atoms with E-state index >= 15 is 0 Å².